The van der Waals surface area contributed by atoms with Gasteiger partial charge >= 0.3 is 0 Å². The molecule has 6 rings (SSSR count). The second kappa shape index (κ2) is 14.8. The van der Waals surface area contributed by atoms with Crippen LogP contribution < -0.4 is 14.8 Å². The van der Waals surface area contributed by atoms with E-state index in [9.17, 15) is 23.3 Å². The maximum atomic E-state index is 13.7. The number of fused-ring (bicyclic) bond motifs is 1. The number of halogens is 2. The minimum absolute atomic E-state index is 0.0409. The third kappa shape index (κ3) is 8.12. The number of nitrogens with zero attached hydrogens (tertiary/aromatic N) is 4. The fraction of sp³-hybridized carbons (Fsp3) is 0.139. The molecule has 260 valence electrons. The highest BCUT2D eigenvalue weighted by Crippen LogP contribution is 2.31. The van der Waals surface area contributed by atoms with Crippen LogP contribution >= 0.6 is 23.2 Å². The average Bonchev–Trinajstić information content (AvgIpc) is 3.45. The van der Waals surface area contributed by atoms with Gasteiger partial charge in [0.2, 0.25) is 0 Å². The first-order valence-electron chi connectivity index (χ1n) is 15.6. The Morgan fingerprint density at radius 1 is 0.941 bits per heavy atom. The Labute approximate surface area is 303 Å². The standard InChI is InChI=1S/C36H30Cl2N6O6S/c1-22-16-28(17-23(2)34(22)38)50-27-8-5-25(6-9-27)21-43-35(30-11-7-26(37)18-32(30)41-43)36(45)42-51(48,49)29-10-12-31(33(19-29)44(46)47)40-15-13-24-4-3-14-39-20-24/h3-12,14,16-20,40H,13,15,21H2,1-2H3,(H,42,45). The highest BCUT2D eigenvalue weighted by molar-refractivity contribution is 7.90. The lowest BCUT2D eigenvalue weighted by molar-refractivity contribution is -0.384. The number of benzene rings is 4. The molecule has 0 aliphatic carbocycles. The zero-order chi connectivity index (χ0) is 36.3. The number of hydrogen-bond acceptors (Lipinski definition) is 9. The smallest absolute Gasteiger partial charge is 0.293 e. The van der Waals surface area contributed by atoms with Gasteiger partial charge in [-0.15, -0.1) is 0 Å². The summed E-state index contributed by atoms with van der Waals surface area (Å²) in [5.74, 6) is 0.231. The molecule has 12 nitrogen and oxygen atoms in total. The van der Waals surface area contributed by atoms with Gasteiger partial charge in [0.15, 0.2) is 0 Å². The lowest BCUT2D eigenvalue weighted by Crippen LogP contribution is -2.32. The van der Waals surface area contributed by atoms with Crippen LogP contribution in [0.25, 0.3) is 10.9 Å². The van der Waals surface area contributed by atoms with Gasteiger partial charge in [-0.05, 0) is 103 Å². The van der Waals surface area contributed by atoms with Crippen molar-refractivity contribution in [3.63, 3.8) is 0 Å². The van der Waals surface area contributed by atoms with Crippen molar-refractivity contribution in [3.8, 4) is 11.5 Å². The van der Waals surface area contributed by atoms with E-state index in [0.29, 0.717) is 45.4 Å². The molecule has 0 aliphatic heterocycles. The predicted octanol–water partition coefficient (Wildman–Crippen LogP) is 7.88. The molecule has 4 aromatic carbocycles. The number of anilines is 1. The minimum atomic E-state index is -4.56. The Kier molecular flexibility index (Phi) is 10.2. The van der Waals surface area contributed by atoms with E-state index in [-0.39, 0.29) is 17.9 Å². The molecule has 2 N–H and O–H groups in total. The number of aromatic nitrogens is 3. The molecule has 2 heterocycles. The van der Waals surface area contributed by atoms with E-state index >= 15 is 0 Å². The van der Waals surface area contributed by atoms with Crippen molar-refractivity contribution in [1.29, 1.82) is 0 Å². The van der Waals surface area contributed by atoms with Crippen molar-refractivity contribution in [2.75, 3.05) is 11.9 Å². The van der Waals surface area contributed by atoms with E-state index in [0.717, 1.165) is 28.3 Å². The van der Waals surface area contributed by atoms with Crippen LogP contribution in [-0.2, 0) is 23.0 Å². The molecule has 2 aromatic heterocycles. The summed E-state index contributed by atoms with van der Waals surface area (Å²) < 4.78 is 36.4. The van der Waals surface area contributed by atoms with Gasteiger partial charge in [-0.3, -0.25) is 24.6 Å². The SMILES string of the molecule is Cc1cc(Oc2ccc(Cn3nc4cc(Cl)ccc4c3C(=O)NS(=O)(=O)c3ccc(NCCc4cccnc4)c([N+](=O)[O-])c3)cc2)cc(C)c1Cl. The Morgan fingerprint density at radius 3 is 2.37 bits per heavy atom. The number of ether oxygens (including phenoxy) is 1. The number of rotatable bonds is 12. The monoisotopic (exact) mass is 744 g/mol. The molecule has 0 bridgehead atoms. The zero-order valence-electron chi connectivity index (χ0n) is 27.3. The number of nitro benzene ring substituents is 1. The maximum Gasteiger partial charge on any atom is 0.293 e. The summed E-state index contributed by atoms with van der Waals surface area (Å²) in [6.07, 6.45) is 3.87. The summed E-state index contributed by atoms with van der Waals surface area (Å²) >= 11 is 12.5. The van der Waals surface area contributed by atoms with E-state index in [1.807, 2.05) is 32.0 Å². The molecule has 0 aliphatic rings. The van der Waals surface area contributed by atoms with E-state index in [2.05, 4.69) is 20.1 Å². The number of nitro groups is 1. The molecule has 0 unspecified atom stereocenters. The maximum absolute atomic E-state index is 13.7. The average molecular weight is 746 g/mol. The van der Waals surface area contributed by atoms with Crippen LogP contribution in [0, 0.1) is 24.0 Å². The van der Waals surface area contributed by atoms with Crippen LogP contribution in [0.5, 0.6) is 11.5 Å². The van der Waals surface area contributed by atoms with Gasteiger partial charge in [0, 0.05) is 40.4 Å². The molecule has 15 heteroatoms. The fourth-order valence-corrected chi connectivity index (χ4v) is 6.74. The lowest BCUT2D eigenvalue weighted by Gasteiger charge is -2.12. The van der Waals surface area contributed by atoms with Crippen molar-refractivity contribution < 1.29 is 22.9 Å². The molecule has 1 amide bonds. The first-order chi connectivity index (χ1) is 24.4. The van der Waals surface area contributed by atoms with E-state index in [4.69, 9.17) is 27.9 Å². The van der Waals surface area contributed by atoms with Crippen molar-refractivity contribution in [2.24, 2.45) is 0 Å². The van der Waals surface area contributed by atoms with Gasteiger partial charge in [0.05, 0.1) is 21.9 Å². The van der Waals surface area contributed by atoms with Gasteiger partial charge in [0.25, 0.3) is 21.6 Å². The van der Waals surface area contributed by atoms with Crippen LogP contribution in [0.3, 0.4) is 0 Å². The minimum Gasteiger partial charge on any atom is -0.457 e. The van der Waals surface area contributed by atoms with Crippen LogP contribution in [0.1, 0.15) is 32.7 Å². The lowest BCUT2D eigenvalue weighted by atomic mass is 10.1. The van der Waals surface area contributed by atoms with Gasteiger partial charge < -0.3 is 10.1 Å². The van der Waals surface area contributed by atoms with Crippen molar-refractivity contribution >= 4 is 61.4 Å². The van der Waals surface area contributed by atoms with Crippen LogP contribution in [0.2, 0.25) is 10.0 Å². The van der Waals surface area contributed by atoms with Crippen molar-refractivity contribution in [1.82, 2.24) is 19.5 Å². The molecule has 51 heavy (non-hydrogen) atoms. The number of nitrogens with one attached hydrogen (secondary N) is 2. The quantitative estimate of drug-likeness (QED) is 0.0939. The van der Waals surface area contributed by atoms with E-state index < -0.39 is 31.4 Å². The first kappa shape index (κ1) is 35.3. The van der Waals surface area contributed by atoms with E-state index in [1.165, 1.54) is 16.8 Å². The molecular formula is C36H30Cl2N6O6S. The fourth-order valence-electron chi connectivity index (χ4n) is 5.49. The van der Waals surface area contributed by atoms with Gasteiger partial charge in [-0.2, -0.15) is 5.10 Å². The number of amides is 1. The highest BCUT2D eigenvalue weighted by Gasteiger charge is 2.27. The normalized spacial score (nSPS) is 11.4. The molecule has 0 spiro atoms. The number of hydrogen-bond donors (Lipinski definition) is 2. The topological polar surface area (TPSA) is 158 Å². The molecule has 6 aromatic rings. The number of aryl methyl sites for hydroxylation is 2. The summed E-state index contributed by atoms with van der Waals surface area (Å²) in [6.45, 7) is 4.24. The summed E-state index contributed by atoms with van der Waals surface area (Å²) in [7, 11) is -4.56. The van der Waals surface area contributed by atoms with Gasteiger partial charge in [-0.25, -0.2) is 13.1 Å². The summed E-state index contributed by atoms with van der Waals surface area (Å²) in [4.78, 5) is 28.6. The van der Waals surface area contributed by atoms with Gasteiger partial charge in [0.1, 0.15) is 22.9 Å². The number of carbonyl (C=O) groups excluding carboxylic acids is 1. The third-order valence-electron chi connectivity index (χ3n) is 7.97. The summed E-state index contributed by atoms with van der Waals surface area (Å²) in [5.41, 5.74) is 3.44. The van der Waals surface area contributed by atoms with Crippen molar-refractivity contribution in [2.45, 2.75) is 31.7 Å². The Hall–Kier alpha value is -5.50. The van der Waals surface area contributed by atoms with Crippen molar-refractivity contribution in [3.05, 3.63) is 145 Å². The predicted molar refractivity (Wildman–Crippen MR) is 195 cm³/mol. The highest BCUT2D eigenvalue weighted by atomic mass is 35.5. The second-order valence-corrected chi connectivity index (χ2v) is 14.2. The van der Waals surface area contributed by atoms with Crippen LogP contribution in [0.15, 0.2) is 102 Å². The molecule has 0 radical (unpaired) electrons. The Bertz CT molecular complexity index is 2360. The zero-order valence-corrected chi connectivity index (χ0v) is 29.6. The third-order valence-corrected chi connectivity index (χ3v) is 10.1. The number of pyridine rings is 1. The Morgan fingerprint density at radius 2 is 1.69 bits per heavy atom. The molecule has 0 saturated heterocycles. The van der Waals surface area contributed by atoms with Crippen LogP contribution in [-0.4, -0.2) is 40.6 Å². The number of sulfonamides is 1. The second-order valence-electron chi connectivity index (χ2n) is 11.7. The number of carbonyl (C=O) groups is 1. The summed E-state index contributed by atoms with van der Waals surface area (Å²) in [6, 6.07) is 22.6. The molecule has 0 saturated carbocycles. The molecular weight excluding hydrogens is 715 g/mol. The van der Waals surface area contributed by atoms with Crippen LogP contribution in [0.4, 0.5) is 11.4 Å². The first-order valence-corrected chi connectivity index (χ1v) is 17.8. The van der Waals surface area contributed by atoms with E-state index in [1.54, 1.807) is 60.9 Å². The molecule has 0 atom stereocenters. The molecule has 0 fully saturated rings. The largest absolute Gasteiger partial charge is 0.457 e. The Balaban J connectivity index is 1.22. The summed E-state index contributed by atoms with van der Waals surface area (Å²) in [5, 5.41) is 20.9. The van der Waals surface area contributed by atoms with Gasteiger partial charge in [-0.1, -0.05) is 41.4 Å².